The number of amides is 1. The summed E-state index contributed by atoms with van der Waals surface area (Å²) in [5, 5.41) is 11.7. The minimum absolute atomic E-state index is 0.00870. The van der Waals surface area contributed by atoms with Crippen LogP contribution in [0.5, 0.6) is 0 Å². The molecule has 0 saturated carbocycles. The van der Waals surface area contributed by atoms with Gasteiger partial charge in [-0.25, -0.2) is 4.79 Å². The maximum atomic E-state index is 12.6. The summed E-state index contributed by atoms with van der Waals surface area (Å²) < 4.78 is 28.3. The van der Waals surface area contributed by atoms with Crippen LogP contribution in [0.3, 0.4) is 0 Å². The van der Waals surface area contributed by atoms with Crippen molar-refractivity contribution in [3.63, 3.8) is 0 Å². The highest BCUT2D eigenvalue weighted by Crippen LogP contribution is 2.51. The van der Waals surface area contributed by atoms with Gasteiger partial charge in [0, 0.05) is 5.56 Å². The number of nitrogens with one attached hydrogen (secondary N) is 1. The van der Waals surface area contributed by atoms with E-state index in [1.807, 2.05) is 6.07 Å². The Morgan fingerprint density at radius 2 is 1.55 bits per heavy atom. The molecule has 2 rings (SSSR count). The molecule has 0 spiro atoms. The Bertz CT molecular complexity index is 968. The second-order valence-electron chi connectivity index (χ2n) is 7.02. The van der Waals surface area contributed by atoms with E-state index in [4.69, 9.17) is 13.8 Å². The maximum absolute atomic E-state index is 12.6. The molecule has 178 valence electrons. The smallest absolute Gasteiger partial charge is 0.335 e. The molecule has 1 amide bonds. The number of benzene rings is 2. The lowest BCUT2D eigenvalue weighted by Gasteiger charge is -2.17. The minimum atomic E-state index is -3.29. The van der Waals surface area contributed by atoms with E-state index in [2.05, 4.69) is 5.32 Å². The van der Waals surface area contributed by atoms with Crippen molar-refractivity contribution >= 4 is 25.4 Å². The number of hydrogen-bond acceptors (Lipinski definition) is 7. The lowest BCUT2D eigenvalue weighted by molar-refractivity contribution is -0.150. The van der Waals surface area contributed by atoms with Crippen molar-refractivity contribution in [2.75, 3.05) is 13.2 Å². The summed E-state index contributed by atoms with van der Waals surface area (Å²) in [5.41, 5.74) is 1.58. The molecule has 0 aromatic heterocycles. The summed E-state index contributed by atoms with van der Waals surface area (Å²) in [7, 11) is -3.29. The highest BCUT2D eigenvalue weighted by Gasteiger charge is 2.26. The first-order valence-corrected chi connectivity index (χ1v) is 12.2. The van der Waals surface area contributed by atoms with Gasteiger partial charge in [0.25, 0.3) is 5.91 Å². The third-order valence-electron chi connectivity index (χ3n) is 4.46. The third kappa shape index (κ3) is 8.81. The highest BCUT2D eigenvalue weighted by atomic mass is 31.2. The number of ether oxygens (including phenoxy) is 1. The zero-order valence-electron chi connectivity index (χ0n) is 18.6. The van der Waals surface area contributed by atoms with Crippen LogP contribution in [0.25, 0.3) is 0 Å². The van der Waals surface area contributed by atoms with Gasteiger partial charge in [0.1, 0.15) is 12.6 Å². The molecule has 1 atom stereocenters. The molecule has 0 bridgehead atoms. The molecule has 9 nitrogen and oxygen atoms in total. The van der Waals surface area contributed by atoms with Crippen molar-refractivity contribution < 1.29 is 37.8 Å². The predicted molar refractivity (Wildman–Crippen MR) is 121 cm³/mol. The lowest BCUT2D eigenvalue weighted by Crippen LogP contribution is -2.42. The molecule has 33 heavy (non-hydrogen) atoms. The molecule has 0 aliphatic rings. The number of esters is 1. The largest absolute Gasteiger partial charge is 0.480 e. The topological polar surface area (TPSA) is 128 Å². The molecule has 2 aromatic rings. The summed E-state index contributed by atoms with van der Waals surface area (Å²) in [5.74, 6) is -2.77. The molecular formula is C23H28NO8P. The second-order valence-corrected chi connectivity index (χ2v) is 9.07. The van der Waals surface area contributed by atoms with E-state index in [0.29, 0.717) is 5.56 Å². The SMILES string of the molecule is CCOP(=O)(Cc1ccc(C(=O)N[C@H](CC(=O)OCc2ccccc2)C(=O)O)cc1)OCC. The van der Waals surface area contributed by atoms with E-state index in [1.165, 1.54) is 12.1 Å². The second kappa shape index (κ2) is 12.9. The van der Waals surface area contributed by atoms with Crippen LogP contribution in [0.4, 0.5) is 0 Å². The molecule has 0 heterocycles. The zero-order valence-corrected chi connectivity index (χ0v) is 19.5. The summed E-state index contributed by atoms with van der Waals surface area (Å²) in [6, 6.07) is 13.6. The fourth-order valence-corrected chi connectivity index (χ4v) is 4.61. The van der Waals surface area contributed by atoms with Crippen molar-refractivity contribution in [2.24, 2.45) is 0 Å². The van der Waals surface area contributed by atoms with Crippen LogP contribution in [-0.2, 0) is 40.7 Å². The monoisotopic (exact) mass is 477 g/mol. The average Bonchev–Trinajstić information content (AvgIpc) is 2.78. The molecule has 2 N–H and O–H groups in total. The van der Waals surface area contributed by atoms with Crippen molar-refractivity contribution in [1.82, 2.24) is 5.32 Å². The average molecular weight is 477 g/mol. The quantitative estimate of drug-likeness (QED) is 0.330. The van der Waals surface area contributed by atoms with Crippen LogP contribution in [-0.4, -0.2) is 42.2 Å². The summed E-state index contributed by atoms with van der Waals surface area (Å²) in [4.78, 5) is 36.1. The molecule has 0 aliphatic heterocycles. The number of carbonyl (C=O) groups excluding carboxylic acids is 2. The molecular weight excluding hydrogens is 449 g/mol. The number of hydrogen-bond donors (Lipinski definition) is 2. The van der Waals surface area contributed by atoms with Gasteiger partial charge in [0.2, 0.25) is 0 Å². The Kier molecular flexibility index (Phi) is 10.3. The summed E-state index contributed by atoms with van der Waals surface area (Å²) in [6.07, 6.45) is -0.473. The number of carbonyl (C=O) groups is 3. The lowest BCUT2D eigenvalue weighted by atomic mass is 10.1. The molecule has 10 heteroatoms. The van der Waals surface area contributed by atoms with E-state index >= 15 is 0 Å². The Morgan fingerprint density at radius 3 is 2.09 bits per heavy atom. The predicted octanol–water partition coefficient (Wildman–Crippen LogP) is 3.77. The van der Waals surface area contributed by atoms with Crippen molar-refractivity contribution in [1.29, 1.82) is 0 Å². The van der Waals surface area contributed by atoms with Crippen LogP contribution in [0, 0.1) is 0 Å². The van der Waals surface area contributed by atoms with Gasteiger partial charge < -0.3 is 24.2 Å². The highest BCUT2D eigenvalue weighted by molar-refractivity contribution is 7.53. The summed E-state index contributed by atoms with van der Waals surface area (Å²) in [6.45, 7) is 3.92. The standard InChI is InChI=1S/C23H28NO8P/c1-3-31-33(29,32-4-2)16-18-10-12-19(13-11-18)22(26)24-20(23(27)28)14-21(25)30-15-17-8-6-5-7-9-17/h5-13,20H,3-4,14-16H2,1-2H3,(H,24,26)(H,27,28)/t20-/m1/s1. The van der Waals surface area contributed by atoms with Gasteiger partial charge in [-0.15, -0.1) is 0 Å². The first-order valence-electron chi connectivity index (χ1n) is 10.5. The first-order chi connectivity index (χ1) is 15.8. The Hall–Kier alpha value is -3.00. The number of rotatable bonds is 13. The zero-order chi connectivity index (χ0) is 24.3. The number of aliphatic carboxylic acids is 1. The van der Waals surface area contributed by atoms with E-state index < -0.39 is 37.9 Å². The van der Waals surface area contributed by atoms with Crippen LogP contribution in [0.15, 0.2) is 54.6 Å². The molecule has 0 radical (unpaired) electrons. The van der Waals surface area contributed by atoms with Gasteiger partial charge >= 0.3 is 19.5 Å². The summed E-state index contributed by atoms with van der Waals surface area (Å²) >= 11 is 0. The van der Waals surface area contributed by atoms with E-state index in [-0.39, 0.29) is 31.5 Å². The Morgan fingerprint density at radius 1 is 0.939 bits per heavy atom. The van der Waals surface area contributed by atoms with E-state index in [9.17, 15) is 24.1 Å². The molecule has 0 aliphatic carbocycles. The fraction of sp³-hybridized carbons (Fsp3) is 0.348. The van der Waals surface area contributed by atoms with Crippen LogP contribution in [0.1, 0.15) is 41.8 Å². The fourth-order valence-electron chi connectivity index (χ4n) is 2.91. The van der Waals surface area contributed by atoms with Gasteiger partial charge in [-0.05, 0) is 37.1 Å². The maximum Gasteiger partial charge on any atom is 0.335 e. The van der Waals surface area contributed by atoms with Crippen LogP contribution >= 0.6 is 7.60 Å². The molecule has 0 fully saturated rings. The van der Waals surface area contributed by atoms with Gasteiger partial charge in [-0.3, -0.25) is 14.2 Å². The van der Waals surface area contributed by atoms with Gasteiger partial charge in [0.15, 0.2) is 0 Å². The van der Waals surface area contributed by atoms with Gasteiger partial charge in [-0.2, -0.15) is 0 Å². The van der Waals surface area contributed by atoms with Crippen molar-refractivity contribution in [3.8, 4) is 0 Å². The van der Waals surface area contributed by atoms with E-state index in [1.54, 1.807) is 50.2 Å². The van der Waals surface area contributed by atoms with Gasteiger partial charge in [0.05, 0.1) is 25.8 Å². The Labute approximate surface area is 192 Å². The van der Waals surface area contributed by atoms with Gasteiger partial charge in [-0.1, -0.05) is 42.5 Å². The van der Waals surface area contributed by atoms with E-state index in [0.717, 1.165) is 5.56 Å². The van der Waals surface area contributed by atoms with Crippen molar-refractivity contribution in [2.45, 2.75) is 39.1 Å². The number of carboxylic acids is 1. The molecule has 2 aromatic carbocycles. The third-order valence-corrected chi connectivity index (χ3v) is 6.52. The normalized spacial score (nSPS) is 12.1. The number of carboxylic acid groups (broad SMARTS) is 1. The minimum Gasteiger partial charge on any atom is -0.480 e. The molecule has 0 unspecified atom stereocenters. The van der Waals surface area contributed by atoms with Crippen LogP contribution in [0.2, 0.25) is 0 Å². The van der Waals surface area contributed by atoms with Crippen LogP contribution < -0.4 is 5.32 Å². The molecule has 0 saturated heterocycles. The Balaban J connectivity index is 1.95. The first kappa shape index (κ1) is 26.3. The van der Waals surface area contributed by atoms with Crippen molar-refractivity contribution in [3.05, 3.63) is 71.3 Å².